The number of amides is 1. The van der Waals surface area contributed by atoms with Crippen molar-refractivity contribution in [1.82, 2.24) is 10.6 Å². The quantitative estimate of drug-likeness (QED) is 0.462. The van der Waals surface area contributed by atoms with Gasteiger partial charge in [-0.3, -0.25) is 4.79 Å². The van der Waals surface area contributed by atoms with Gasteiger partial charge in [0, 0.05) is 24.3 Å². The summed E-state index contributed by atoms with van der Waals surface area (Å²) in [5.74, 6) is -0.426. The van der Waals surface area contributed by atoms with Gasteiger partial charge < -0.3 is 10.6 Å². The topological polar surface area (TPSA) is 64.9 Å². The molecule has 0 bridgehead atoms. The third kappa shape index (κ3) is 5.45. The third-order valence-electron chi connectivity index (χ3n) is 3.41. The molecule has 0 spiro atoms. The fourth-order valence-electron chi connectivity index (χ4n) is 2.10. The van der Waals surface area contributed by atoms with Crippen LogP contribution in [0.25, 0.3) is 0 Å². The highest BCUT2D eigenvalue weighted by Crippen LogP contribution is 2.14. The molecular formula is C19H18ClN3O. The van der Waals surface area contributed by atoms with Crippen molar-refractivity contribution >= 4 is 17.5 Å². The van der Waals surface area contributed by atoms with Gasteiger partial charge in [0.2, 0.25) is 0 Å². The number of hydrogen-bond donors (Lipinski definition) is 2. The van der Waals surface area contributed by atoms with Crippen molar-refractivity contribution in [3.05, 3.63) is 82.5 Å². The molecule has 2 aromatic rings. The summed E-state index contributed by atoms with van der Waals surface area (Å²) in [5, 5.41) is 15.4. The highest BCUT2D eigenvalue weighted by molar-refractivity contribution is 6.31. The summed E-state index contributed by atoms with van der Waals surface area (Å²) in [5.41, 5.74) is 2.04. The third-order valence-corrected chi connectivity index (χ3v) is 3.78. The van der Waals surface area contributed by atoms with Gasteiger partial charge in [-0.05, 0) is 23.6 Å². The minimum Gasteiger partial charge on any atom is -0.389 e. The minimum atomic E-state index is -0.426. The fourth-order valence-corrected chi connectivity index (χ4v) is 2.30. The van der Waals surface area contributed by atoms with E-state index in [2.05, 4.69) is 10.6 Å². The average molecular weight is 340 g/mol. The van der Waals surface area contributed by atoms with Gasteiger partial charge >= 0.3 is 0 Å². The Morgan fingerprint density at radius 3 is 2.54 bits per heavy atom. The molecule has 0 aliphatic heterocycles. The predicted octanol–water partition coefficient (Wildman–Crippen LogP) is 3.20. The van der Waals surface area contributed by atoms with Crippen LogP contribution in [0.1, 0.15) is 11.1 Å². The van der Waals surface area contributed by atoms with Crippen molar-refractivity contribution < 1.29 is 4.79 Å². The van der Waals surface area contributed by atoms with E-state index >= 15 is 0 Å². The molecule has 122 valence electrons. The molecule has 0 fully saturated rings. The number of carbonyl (C=O) groups excluding carboxylic acids is 1. The molecule has 0 aliphatic carbocycles. The SMILES string of the molecule is N#C/C(=C/NCCc1ccccc1)C(=O)NCc1ccccc1Cl. The smallest absolute Gasteiger partial charge is 0.263 e. The van der Waals surface area contributed by atoms with Gasteiger partial charge in [0.1, 0.15) is 11.6 Å². The number of nitriles is 1. The summed E-state index contributed by atoms with van der Waals surface area (Å²) in [6, 6.07) is 19.2. The summed E-state index contributed by atoms with van der Waals surface area (Å²) in [6.45, 7) is 0.925. The first-order valence-electron chi connectivity index (χ1n) is 7.60. The van der Waals surface area contributed by atoms with E-state index < -0.39 is 5.91 Å². The molecule has 2 rings (SSSR count). The van der Waals surface area contributed by atoms with E-state index in [4.69, 9.17) is 16.9 Å². The van der Waals surface area contributed by atoms with Crippen molar-refractivity contribution in [2.45, 2.75) is 13.0 Å². The molecule has 24 heavy (non-hydrogen) atoms. The summed E-state index contributed by atoms with van der Waals surface area (Å²) in [6.07, 6.45) is 2.27. The van der Waals surface area contributed by atoms with Crippen LogP contribution in [0.3, 0.4) is 0 Å². The van der Waals surface area contributed by atoms with Crippen LogP contribution in [0.2, 0.25) is 5.02 Å². The Kier molecular flexibility index (Phi) is 6.88. The molecule has 0 saturated heterocycles. The number of hydrogen-bond acceptors (Lipinski definition) is 3. The zero-order chi connectivity index (χ0) is 17.2. The first-order valence-corrected chi connectivity index (χ1v) is 7.97. The maximum absolute atomic E-state index is 12.0. The van der Waals surface area contributed by atoms with Gasteiger partial charge in [-0.2, -0.15) is 5.26 Å². The highest BCUT2D eigenvalue weighted by Gasteiger charge is 2.09. The molecule has 0 heterocycles. The van der Waals surface area contributed by atoms with Gasteiger partial charge in [0.15, 0.2) is 0 Å². The molecule has 2 aromatic carbocycles. The zero-order valence-corrected chi connectivity index (χ0v) is 13.9. The van der Waals surface area contributed by atoms with E-state index in [1.807, 2.05) is 54.6 Å². The molecule has 0 aliphatic rings. The van der Waals surface area contributed by atoms with Gasteiger partial charge in [0.25, 0.3) is 5.91 Å². The number of carbonyl (C=O) groups is 1. The standard InChI is InChI=1S/C19H18ClN3O/c20-18-9-5-4-8-16(18)14-23-19(24)17(12-21)13-22-11-10-15-6-2-1-3-7-15/h1-9,13,22H,10-11,14H2,(H,23,24)/b17-13-. The summed E-state index contributed by atoms with van der Waals surface area (Å²) < 4.78 is 0. The first kappa shape index (κ1) is 17.6. The van der Waals surface area contributed by atoms with Crippen LogP contribution >= 0.6 is 11.6 Å². The van der Waals surface area contributed by atoms with Crippen molar-refractivity contribution in [1.29, 1.82) is 5.26 Å². The fraction of sp³-hybridized carbons (Fsp3) is 0.158. The summed E-state index contributed by atoms with van der Waals surface area (Å²) in [7, 11) is 0. The predicted molar refractivity (Wildman–Crippen MR) is 95.1 cm³/mol. The van der Waals surface area contributed by atoms with Crippen LogP contribution in [0.15, 0.2) is 66.4 Å². The van der Waals surface area contributed by atoms with Crippen LogP contribution in [0.4, 0.5) is 0 Å². The zero-order valence-electron chi connectivity index (χ0n) is 13.1. The van der Waals surface area contributed by atoms with E-state index in [1.54, 1.807) is 6.07 Å². The van der Waals surface area contributed by atoms with E-state index in [9.17, 15) is 4.79 Å². The van der Waals surface area contributed by atoms with Crippen LogP contribution in [0.5, 0.6) is 0 Å². The number of nitrogens with zero attached hydrogens (tertiary/aromatic N) is 1. The molecule has 5 heteroatoms. The van der Waals surface area contributed by atoms with E-state index in [1.165, 1.54) is 11.8 Å². The molecular weight excluding hydrogens is 322 g/mol. The lowest BCUT2D eigenvalue weighted by molar-refractivity contribution is -0.117. The Morgan fingerprint density at radius 2 is 1.83 bits per heavy atom. The lowest BCUT2D eigenvalue weighted by atomic mass is 10.1. The van der Waals surface area contributed by atoms with E-state index in [-0.39, 0.29) is 12.1 Å². The van der Waals surface area contributed by atoms with E-state index in [0.29, 0.717) is 11.6 Å². The van der Waals surface area contributed by atoms with Gasteiger partial charge in [-0.1, -0.05) is 60.1 Å². The van der Waals surface area contributed by atoms with Gasteiger partial charge in [-0.25, -0.2) is 0 Å². The van der Waals surface area contributed by atoms with Crippen molar-refractivity contribution in [3.8, 4) is 6.07 Å². The second kappa shape index (κ2) is 9.39. The summed E-state index contributed by atoms with van der Waals surface area (Å²) >= 11 is 6.04. The Labute approximate surface area is 146 Å². The molecule has 0 radical (unpaired) electrons. The average Bonchev–Trinajstić information content (AvgIpc) is 2.62. The van der Waals surface area contributed by atoms with Crippen LogP contribution in [-0.4, -0.2) is 12.5 Å². The maximum atomic E-state index is 12.0. The second-order valence-corrected chi connectivity index (χ2v) is 5.54. The lowest BCUT2D eigenvalue weighted by Gasteiger charge is -2.07. The van der Waals surface area contributed by atoms with Crippen LogP contribution in [0, 0.1) is 11.3 Å². The molecule has 0 unspecified atom stereocenters. The van der Waals surface area contributed by atoms with Crippen molar-refractivity contribution in [2.24, 2.45) is 0 Å². The maximum Gasteiger partial charge on any atom is 0.263 e. The lowest BCUT2D eigenvalue weighted by Crippen LogP contribution is -2.25. The van der Waals surface area contributed by atoms with Gasteiger partial charge in [-0.15, -0.1) is 0 Å². The van der Waals surface area contributed by atoms with Crippen LogP contribution in [-0.2, 0) is 17.8 Å². The molecule has 0 aromatic heterocycles. The molecule has 0 atom stereocenters. The van der Waals surface area contributed by atoms with E-state index in [0.717, 1.165) is 12.0 Å². The molecule has 0 saturated carbocycles. The number of rotatable bonds is 7. The largest absolute Gasteiger partial charge is 0.389 e. The van der Waals surface area contributed by atoms with Crippen molar-refractivity contribution in [2.75, 3.05) is 6.54 Å². The second-order valence-electron chi connectivity index (χ2n) is 5.13. The Hall–Kier alpha value is -2.77. The summed E-state index contributed by atoms with van der Waals surface area (Å²) in [4.78, 5) is 12.0. The molecule has 4 nitrogen and oxygen atoms in total. The first-order chi connectivity index (χ1) is 11.7. The Bertz CT molecular complexity index is 751. The Balaban J connectivity index is 1.82. The minimum absolute atomic E-state index is 0.0371. The Morgan fingerprint density at radius 1 is 1.12 bits per heavy atom. The monoisotopic (exact) mass is 339 g/mol. The van der Waals surface area contributed by atoms with Gasteiger partial charge in [0.05, 0.1) is 0 Å². The highest BCUT2D eigenvalue weighted by atomic mass is 35.5. The number of halogens is 1. The molecule has 2 N–H and O–H groups in total. The van der Waals surface area contributed by atoms with Crippen molar-refractivity contribution in [3.63, 3.8) is 0 Å². The molecule has 1 amide bonds. The number of nitrogens with one attached hydrogen (secondary N) is 2. The number of benzene rings is 2. The normalized spacial score (nSPS) is 10.8. The van der Waals surface area contributed by atoms with Crippen LogP contribution < -0.4 is 10.6 Å².